The summed E-state index contributed by atoms with van der Waals surface area (Å²) in [7, 11) is 4.45. The third-order valence-corrected chi connectivity index (χ3v) is 27.9. The lowest BCUT2D eigenvalue weighted by molar-refractivity contribution is -0.223. The first-order chi connectivity index (χ1) is 57.5. The third kappa shape index (κ3) is 18.7. The number of piperidine rings is 1. The van der Waals surface area contributed by atoms with Crippen LogP contribution >= 0.6 is 21.6 Å². The fourth-order valence-corrected chi connectivity index (χ4v) is 21.7. The number of aliphatic imine (C=N–C) groups is 1. The van der Waals surface area contributed by atoms with Gasteiger partial charge in [0.1, 0.15) is 30.9 Å². The molecule has 2 saturated heterocycles. The van der Waals surface area contributed by atoms with E-state index in [1.807, 2.05) is 51.1 Å². The fraction of sp³-hybridized carbons (Fsp3) is 0.553. The van der Waals surface area contributed by atoms with Crippen LogP contribution in [0.15, 0.2) is 88.8 Å². The van der Waals surface area contributed by atoms with Crippen molar-refractivity contribution in [1.29, 1.82) is 0 Å². The lowest BCUT2D eigenvalue weighted by Gasteiger charge is -2.63. The van der Waals surface area contributed by atoms with Crippen LogP contribution in [-0.2, 0) is 66.8 Å². The third-order valence-electron chi connectivity index (χ3n) is 25.5. The van der Waals surface area contributed by atoms with Crippen molar-refractivity contribution in [3.05, 3.63) is 129 Å². The number of benzene rings is 3. The molecule has 2 aliphatic carbocycles. The van der Waals surface area contributed by atoms with Gasteiger partial charge in [-0.1, -0.05) is 92.6 Å². The highest BCUT2D eigenvalue weighted by molar-refractivity contribution is 8.76. The number of aromatic nitrogens is 5. The predicted octanol–water partition coefficient (Wildman–Crippen LogP) is 5.31. The SMILES string of the molecule is CC[C@]1(O)C[C@H]2CN(CCc3c([nH]c4ccccc34)[C@@](COC=O)(c3cc4c(cc3OC)C(C)[C@H]3[C@](O)(C(=O)NNC(=O)OCCSSCCCC(=O)[C@H](C)NC(=O)[C@H](C)CC(=O)[C@@H](CCCN=C(N)N)NC(=O)[C@H](C)CC(=O)CCCNC(=O)c5ccc(NCc6cnc7nc(N)[nH]c(=O)c7n6)cc5)[C@H](O)[C@]5(CC)C=CCN6CC[C@]43C65)C2)C1. The van der Waals surface area contributed by atoms with Gasteiger partial charge in [0.2, 0.25) is 17.8 Å². The van der Waals surface area contributed by atoms with Crippen molar-refractivity contribution < 1.29 is 72.7 Å². The number of anilines is 2. The molecule has 12 rings (SSSR count). The number of ketones is 3. The van der Waals surface area contributed by atoms with Crippen LogP contribution in [0.1, 0.15) is 175 Å². The molecular weight excluding hydrogens is 1580 g/mol. The Morgan fingerprint density at radius 3 is 2.38 bits per heavy atom. The van der Waals surface area contributed by atoms with Gasteiger partial charge in [0.15, 0.2) is 34.3 Å². The van der Waals surface area contributed by atoms with Gasteiger partial charge in [0, 0.05) is 144 Å². The number of hydrazine groups is 1. The standard InChI is InChI=1S/C85H113N17O16S2/c1-8-81(114)40-52-41-83(46-117-47-103,69-58(25-31-101(44-52)45-81)57-17-10-11-18-62(57)95-69)61-39-60-59(38-66(61)116-7)50(5)68-84(60)27-32-102-30-15-26-82(9-2,75(84)102)76(111)85(68,115)77(112)99-100-80(113)118-33-35-120-119-34-14-20-64(105)51(6)93-71(107)49(4)37-65(106)63(19-13-29-90-78(86)87)96-72(108)48(3)36-56(104)16-12-28-89-73(109)53-21-23-54(24-22-53)91-42-55-43-92-70-67(94-55)74(110)98-79(88)97-70/h10-11,15,17-18,21-24,26,38-39,43,47-52,63,68,75-76,91,95,111,114-115H,8-9,12-14,16,19-20,25,27-37,40-42,44-46H2,1-7H3,(H,89,109)(H,93,107)(H,96,108)(H,99,112)(H,100,113)(H4,86,87,90)(H3,88,92,97,98,110)/t48-,49-,50?,51+,52-,63-,68-,75?,76-,81+,82-,83+,84+,85-/m1/s1. The van der Waals surface area contributed by atoms with Gasteiger partial charge >= 0.3 is 6.09 Å². The quantitative estimate of drug-likeness (QED) is 0.00444. The number of aliphatic hydroxyl groups is 3. The van der Waals surface area contributed by atoms with Gasteiger partial charge < -0.3 is 73.0 Å². The fourth-order valence-electron chi connectivity index (χ4n) is 19.8. The van der Waals surface area contributed by atoms with E-state index in [4.69, 9.17) is 31.4 Å². The van der Waals surface area contributed by atoms with Crippen LogP contribution in [0, 0.1) is 29.1 Å². The number of hydrogen-bond acceptors (Lipinski definition) is 26. The largest absolute Gasteiger partial charge is 0.496 e. The van der Waals surface area contributed by atoms with Crippen LogP contribution in [0.25, 0.3) is 22.1 Å². The van der Waals surface area contributed by atoms with Crippen LogP contribution in [0.3, 0.4) is 0 Å². The van der Waals surface area contributed by atoms with Gasteiger partial charge in [-0.15, -0.1) is 0 Å². The summed E-state index contributed by atoms with van der Waals surface area (Å²) in [5.41, 5.74) is 21.4. The average molecular weight is 1690 g/mol. The molecule has 6 aliphatic rings. The number of para-hydroxylation sites is 1. The number of Topliss-reactive ketones (excluding diaryl/α,β-unsaturated/α-hetero) is 3. The molecule has 3 unspecified atom stereocenters. The number of aromatic amines is 2. The Morgan fingerprint density at radius 2 is 1.62 bits per heavy atom. The summed E-state index contributed by atoms with van der Waals surface area (Å²) < 4.78 is 18.1. The molecule has 33 nitrogen and oxygen atoms in total. The van der Waals surface area contributed by atoms with E-state index in [0.29, 0.717) is 131 Å². The molecule has 7 heterocycles. The number of carbonyl (C=O) groups is 9. The topological polar surface area (TPSA) is 498 Å². The zero-order valence-electron chi connectivity index (χ0n) is 69.0. The number of rotatable bonds is 38. The normalized spacial score (nSPS) is 25.5. The van der Waals surface area contributed by atoms with E-state index in [9.17, 15) is 58.5 Å². The van der Waals surface area contributed by atoms with Crippen LogP contribution < -0.4 is 59.6 Å². The molecule has 120 heavy (non-hydrogen) atoms. The van der Waals surface area contributed by atoms with E-state index >= 15 is 4.79 Å². The van der Waals surface area contributed by atoms with Crippen molar-refractivity contribution in [2.45, 2.75) is 190 Å². The van der Waals surface area contributed by atoms with E-state index in [2.05, 4.69) is 90.0 Å². The Labute approximate surface area is 704 Å². The van der Waals surface area contributed by atoms with Crippen molar-refractivity contribution >= 4 is 115 Å². The molecule has 3 aromatic carbocycles. The summed E-state index contributed by atoms with van der Waals surface area (Å²) in [6.07, 6.45) is 6.82. The van der Waals surface area contributed by atoms with Crippen LogP contribution in [0.5, 0.6) is 5.75 Å². The molecule has 2 bridgehead atoms. The van der Waals surface area contributed by atoms with E-state index in [0.717, 1.165) is 38.9 Å². The van der Waals surface area contributed by atoms with Crippen molar-refractivity contribution in [2.24, 2.45) is 45.5 Å². The number of hydrogen-bond donors (Lipinski definition) is 14. The minimum absolute atomic E-state index is 0.0514. The molecule has 1 spiro atoms. The first-order valence-electron chi connectivity index (χ1n) is 41.5. The van der Waals surface area contributed by atoms with Gasteiger partial charge in [-0.2, -0.15) is 4.98 Å². The van der Waals surface area contributed by atoms with Gasteiger partial charge in [-0.05, 0) is 143 Å². The number of guanidine groups is 1. The number of nitrogens with zero attached hydrogens (tertiary/aromatic N) is 6. The number of fused-ring (bicyclic) bond motifs is 7. The van der Waals surface area contributed by atoms with E-state index in [1.54, 1.807) is 52.1 Å². The molecule has 3 aromatic heterocycles. The van der Waals surface area contributed by atoms with Crippen LogP contribution in [-0.4, -0.2) is 223 Å². The summed E-state index contributed by atoms with van der Waals surface area (Å²) in [6.45, 7) is 14.7. The first kappa shape index (κ1) is 89.2. The Balaban J connectivity index is 0.592. The summed E-state index contributed by atoms with van der Waals surface area (Å²) in [6, 6.07) is 16.7. The number of ether oxygens (including phenoxy) is 3. The molecule has 6 aromatic rings. The Hall–Kier alpha value is -10.0. The maximum atomic E-state index is 15.3. The molecule has 4 aliphatic heterocycles. The summed E-state index contributed by atoms with van der Waals surface area (Å²) in [4.78, 5) is 161. The Morgan fingerprint density at radius 1 is 0.867 bits per heavy atom. The maximum Gasteiger partial charge on any atom is 0.426 e. The lowest BCUT2D eigenvalue weighted by atomic mass is 9.45. The Bertz CT molecular complexity index is 4930. The zero-order valence-corrected chi connectivity index (χ0v) is 70.7. The average Bonchev–Trinajstić information content (AvgIpc) is 1.47. The molecule has 5 amide bonds. The molecule has 15 atom stereocenters. The molecule has 17 N–H and O–H groups in total. The number of methoxy groups -OCH3 is 1. The van der Waals surface area contributed by atoms with Gasteiger partial charge in [-0.3, -0.25) is 68.4 Å². The molecule has 1 saturated carbocycles. The summed E-state index contributed by atoms with van der Waals surface area (Å²) >= 11 is 0. The second-order valence-electron chi connectivity index (χ2n) is 33.2. The van der Waals surface area contributed by atoms with Gasteiger partial charge in [0.05, 0.1) is 48.6 Å². The highest BCUT2D eigenvalue weighted by Crippen LogP contribution is 2.71. The minimum Gasteiger partial charge on any atom is -0.496 e. The molecule has 646 valence electrons. The molecular formula is C85H113N17O16S2. The number of H-pyrrole nitrogens is 2. The number of amides is 5. The van der Waals surface area contributed by atoms with Crippen molar-refractivity contribution in [3.8, 4) is 5.75 Å². The number of carbonyl (C=O) groups excluding carboxylic acids is 9. The number of nitrogen functional groups attached to an aromatic ring is 1. The van der Waals surface area contributed by atoms with Gasteiger partial charge in [-0.25, -0.2) is 20.2 Å². The number of nitrogens with two attached hydrogens (primary N) is 3. The van der Waals surface area contributed by atoms with E-state index in [1.165, 1.54) is 27.8 Å². The van der Waals surface area contributed by atoms with E-state index < -0.39 is 104 Å². The monoisotopic (exact) mass is 1690 g/mol. The summed E-state index contributed by atoms with van der Waals surface area (Å²) in [5, 5.41) is 51.4. The second-order valence-corrected chi connectivity index (χ2v) is 35.9. The molecule has 3 fully saturated rings. The van der Waals surface area contributed by atoms with E-state index in [-0.39, 0.29) is 117 Å². The predicted molar refractivity (Wildman–Crippen MR) is 455 cm³/mol. The van der Waals surface area contributed by atoms with Crippen molar-refractivity contribution in [1.82, 2.24) is 61.5 Å². The zero-order chi connectivity index (χ0) is 86.0. The van der Waals surface area contributed by atoms with Crippen molar-refractivity contribution in [2.75, 3.05) is 88.7 Å². The Kier molecular flexibility index (Phi) is 28.5. The lowest BCUT2D eigenvalue weighted by Crippen LogP contribution is -2.78. The highest BCUT2D eigenvalue weighted by Gasteiger charge is 2.78. The number of nitrogens with one attached hydrogen (secondary N) is 8. The first-order valence-corrected chi connectivity index (χ1v) is 43.9. The minimum atomic E-state index is -2.51. The molecule has 0 radical (unpaired) electrons. The molecule has 35 heteroatoms. The van der Waals surface area contributed by atoms with Gasteiger partial charge in [0.25, 0.3) is 23.8 Å². The van der Waals surface area contributed by atoms with Crippen molar-refractivity contribution in [3.63, 3.8) is 0 Å². The smallest absolute Gasteiger partial charge is 0.426 e. The highest BCUT2D eigenvalue weighted by atomic mass is 33.1. The van der Waals surface area contributed by atoms with Crippen LogP contribution in [0.2, 0.25) is 0 Å². The summed E-state index contributed by atoms with van der Waals surface area (Å²) in [5.74, 6) is -5.49. The van der Waals surface area contributed by atoms with Crippen LogP contribution in [0.4, 0.5) is 16.4 Å². The second kappa shape index (κ2) is 38.4. The number of aliphatic hydroxyl groups excluding tert-OH is 1. The maximum absolute atomic E-state index is 15.3.